The van der Waals surface area contributed by atoms with Crippen LogP contribution in [0.4, 0.5) is 17.1 Å². The van der Waals surface area contributed by atoms with Gasteiger partial charge in [-0.2, -0.15) is 0 Å². The molecular formula is C26H19NO. The Hall–Kier alpha value is -3.74. The lowest BCUT2D eigenvalue weighted by atomic mass is 10.1. The molecule has 28 heavy (non-hydrogen) atoms. The van der Waals surface area contributed by atoms with E-state index >= 15 is 0 Å². The second-order valence-corrected chi connectivity index (χ2v) is 6.91. The van der Waals surface area contributed by atoms with Crippen LogP contribution in [0.5, 0.6) is 0 Å². The van der Waals surface area contributed by atoms with Gasteiger partial charge in [-0.25, -0.2) is 0 Å². The van der Waals surface area contributed by atoms with Gasteiger partial charge in [-0.15, -0.1) is 5.73 Å². The molecule has 4 aromatic rings. The molecule has 0 radical (unpaired) electrons. The highest BCUT2D eigenvalue weighted by molar-refractivity contribution is 5.95. The van der Waals surface area contributed by atoms with E-state index in [4.69, 9.17) is 4.42 Å². The Balaban J connectivity index is 1.73. The fourth-order valence-electron chi connectivity index (χ4n) is 3.65. The van der Waals surface area contributed by atoms with E-state index in [2.05, 4.69) is 84.3 Å². The summed E-state index contributed by atoms with van der Waals surface area (Å²) in [6, 6.07) is 25.4. The van der Waals surface area contributed by atoms with Crippen LogP contribution in [0.25, 0.3) is 23.1 Å². The molecule has 1 heterocycles. The molecule has 3 aromatic carbocycles. The zero-order chi connectivity index (χ0) is 18.9. The molecule has 0 fully saturated rings. The largest absolute Gasteiger partial charge is 0.456 e. The second kappa shape index (κ2) is 6.77. The van der Waals surface area contributed by atoms with Gasteiger partial charge in [0.15, 0.2) is 0 Å². The van der Waals surface area contributed by atoms with Crippen molar-refractivity contribution < 1.29 is 4.42 Å². The standard InChI is InChI=1S/C26H19NO/c1-19-9-8-12-21(17-19)27(20-10-4-2-5-11-20)22-15-16-26-24(18-22)23-13-6-3-7-14-25(23)28-26/h2-5,7-18H,1H3. The summed E-state index contributed by atoms with van der Waals surface area (Å²) in [6.07, 6.45) is 7.83. The van der Waals surface area contributed by atoms with E-state index < -0.39 is 0 Å². The number of fused-ring (bicyclic) bond motifs is 3. The number of para-hydroxylation sites is 1. The van der Waals surface area contributed by atoms with E-state index in [1.807, 2.05) is 30.4 Å². The molecule has 0 atom stereocenters. The zero-order valence-corrected chi connectivity index (χ0v) is 15.6. The number of anilines is 3. The number of aryl methyl sites for hydroxylation is 1. The van der Waals surface area contributed by atoms with Gasteiger partial charge >= 0.3 is 0 Å². The lowest BCUT2D eigenvalue weighted by Gasteiger charge is -2.25. The molecule has 0 bridgehead atoms. The molecule has 0 unspecified atom stereocenters. The van der Waals surface area contributed by atoms with Gasteiger partial charge in [0.25, 0.3) is 0 Å². The third-order valence-corrected chi connectivity index (χ3v) is 4.94. The van der Waals surface area contributed by atoms with Crippen molar-refractivity contribution in [2.45, 2.75) is 6.92 Å². The SMILES string of the molecule is Cc1cccc(N(c2ccccc2)c2ccc3oc4c(c3c2)C=C=CC=C4)c1. The molecule has 2 nitrogen and oxygen atoms in total. The van der Waals surface area contributed by atoms with Crippen molar-refractivity contribution in [1.29, 1.82) is 0 Å². The summed E-state index contributed by atoms with van der Waals surface area (Å²) in [5, 5.41) is 1.09. The van der Waals surface area contributed by atoms with Crippen molar-refractivity contribution in [2.24, 2.45) is 0 Å². The lowest BCUT2D eigenvalue weighted by Crippen LogP contribution is -2.09. The van der Waals surface area contributed by atoms with Crippen LogP contribution in [0.1, 0.15) is 16.9 Å². The van der Waals surface area contributed by atoms with Crippen molar-refractivity contribution in [3.8, 4) is 0 Å². The Morgan fingerprint density at radius 3 is 2.50 bits per heavy atom. The van der Waals surface area contributed by atoms with Crippen LogP contribution in [0.3, 0.4) is 0 Å². The Morgan fingerprint density at radius 2 is 1.64 bits per heavy atom. The number of benzene rings is 3. The molecule has 5 rings (SSSR count). The monoisotopic (exact) mass is 361 g/mol. The van der Waals surface area contributed by atoms with Crippen LogP contribution in [-0.4, -0.2) is 0 Å². The van der Waals surface area contributed by atoms with E-state index in [0.717, 1.165) is 39.4 Å². The number of furan rings is 1. The number of rotatable bonds is 3. The minimum atomic E-state index is 0.871. The van der Waals surface area contributed by atoms with E-state index in [1.54, 1.807) is 0 Å². The summed E-state index contributed by atoms with van der Waals surface area (Å²) < 4.78 is 6.04. The highest BCUT2D eigenvalue weighted by Crippen LogP contribution is 2.38. The van der Waals surface area contributed by atoms with E-state index in [0.29, 0.717) is 0 Å². The molecule has 1 aliphatic carbocycles. The van der Waals surface area contributed by atoms with Gasteiger partial charge in [-0.05, 0) is 73.2 Å². The predicted octanol–water partition coefficient (Wildman–Crippen LogP) is 7.41. The summed E-state index contributed by atoms with van der Waals surface area (Å²) in [4.78, 5) is 2.28. The van der Waals surface area contributed by atoms with Gasteiger partial charge in [-0.1, -0.05) is 36.4 Å². The maximum Gasteiger partial charge on any atom is 0.136 e. The third kappa shape index (κ3) is 2.87. The highest BCUT2D eigenvalue weighted by atomic mass is 16.3. The van der Waals surface area contributed by atoms with Gasteiger partial charge in [0.05, 0.1) is 0 Å². The van der Waals surface area contributed by atoms with Crippen LogP contribution in [-0.2, 0) is 0 Å². The van der Waals surface area contributed by atoms with Crippen molar-refractivity contribution in [2.75, 3.05) is 4.90 Å². The summed E-state index contributed by atoms with van der Waals surface area (Å²) in [5.74, 6) is 0.871. The first-order valence-electron chi connectivity index (χ1n) is 9.37. The summed E-state index contributed by atoms with van der Waals surface area (Å²) in [7, 11) is 0. The molecule has 1 aliphatic rings. The quantitative estimate of drug-likeness (QED) is 0.353. The third-order valence-electron chi connectivity index (χ3n) is 4.94. The van der Waals surface area contributed by atoms with Gasteiger partial charge in [0, 0.05) is 28.0 Å². The molecule has 2 heteroatoms. The van der Waals surface area contributed by atoms with Crippen molar-refractivity contribution in [3.05, 3.63) is 108 Å². The van der Waals surface area contributed by atoms with E-state index in [1.165, 1.54) is 5.56 Å². The van der Waals surface area contributed by atoms with Crippen LogP contribution < -0.4 is 4.90 Å². The molecular weight excluding hydrogens is 342 g/mol. The Kier molecular flexibility index (Phi) is 3.97. The smallest absolute Gasteiger partial charge is 0.136 e. The van der Waals surface area contributed by atoms with Crippen LogP contribution in [0.2, 0.25) is 0 Å². The van der Waals surface area contributed by atoms with Gasteiger partial charge in [0.1, 0.15) is 11.3 Å². The number of hydrogen-bond donors (Lipinski definition) is 0. The summed E-state index contributed by atoms with van der Waals surface area (Å²) in [6.45, 7) is 2.12. The predicted molar refractivity (Wildman–Crippen MR) is 117 cm³/mol. The maximum atomic E-state index is 6.04. The summed E-state index contributed by atoms with van der Waals surface area (Å²) >= 11 is 0. The second-order valence-electron chi connectivity index (χ2n) is 6.91. The molecule has 134 valence electrons. The van der Waals surface area contributed by atoms with Crippen molar-refractivity contribution >= 4 is 40.2 Å². The first-order chi connectivity index (χ1) is 13.8. The molecule has 0 amide bonds. The number of allylic oxidation sites excluding steroid dienone is 2. The van der Waals surface area contributed by atoms with Crippen LogP contribution in [0, 0.1) is 6.92 Å². The number of nitrogens with zero attached hydrogens (tertiary/aromatic N) is 1. The van der Waals surface area contributed by atoms with Gasteiger partial charge in [0.2, 0.25) is 0 Å². The van der Waals surface area contributed by atoms with Crippen LogP contribution >= 0.6 is 0 Å². The minimum absolute atomic E-state index is 0.871. The first-order valence-corrected chi connectivity index (χ1v) is 9.37. The normalized spacial score (nSPS) is 12.2. The number of hydrogen-bond acceptors (Lipinski definition) is 2. The Morgan fingerprint density at radius 1 is 0.821 bits per heavy atom. The fourth-order valence-corrected chi connectivity index (χ4v) is 3.65. The Bertz CT molecular complexity index is 1250. The Labute approximate surface area is 164 Å². The fraction of sp³-hybridized carbons (Fsp3) is 0.0385. The minimum Gasteiger partial charge on any atom is -0.456 e. The van der Waals surface area contributed by atoms with Gasteiger partial charge < -0.3 is 9.32 Å². The van der Waals surface area contributed by atoms with Crippen molar-refractivity contribution in [1.82, 2.24) is 0 Å². The molecule has 0 spiro atoms. The molecule has 0 N–H and O–H groups in total. The average Bonchev–Trinajstić information content (AvgIpc) is 2.90. The summed E-state index contributed by atoms with van der Waals surface area (Å²) in [5.41, 5.74) is 9.73. The first kappa shape index (κ1) is 16.4. The molecule has 1 aromatic heterocycles. The van der Waals surface area contributed by atoms with E-state index in [-0.39, 0.29) is 0 Å². The maximum absolute atomic E-state index is 6.04. The topological polar surface area (TPSA) is 16.4 Å². The zero-order valence-electron chi connectivity index (χ0n) is 15.6. The van der Waals surface area contributed by atoms with Gasteiger partial charge in [-0.3, -0.25) is 0 Å². The molecule has 0 saturated carbocycles. The van der Waals surface area contributed by atoms with Crippen molar-refractivity contribution in [3.63, 3.8) is 0 Å². The lowest BCUT2D eigenvalue weighted by molar-refractivity contribution is 0.603. The molecule has 0 aliphatic heterocycles. The highest BCUT2D eigenvalue weighted by Gasteiger charge is 2.16. The average molecular weight is 361 g/mol. The van der Waals surface area contributed by atoms with E-state index in [9.17, 15) is 0 Å². The van der Waals surface area contributed by atoms with Crippen LogP contribution in [0.15, 0.2) is 95.1 Å². The molecule has 0 saturated heterocycles.